The number of benzene rings is 1. The topological polar surface area (TPSA) is 98.7 Å². The van der Waals surface area contributed by atoms with E-state index in [0.717, 1.165) is 11.4 Å². The largest absolute Gasteiger partial charge is 0.338 e. The maximum Gasteiger partial charge on any atom is 0.237 e. The molecular formula is C19H24N6O2S. The van der Waals surface area contributed by atoms with Gasteiger partial charge in [0, 0.05) is 11.5 Å². The highest BCUT2D eigenvalue weighted by atomic mass is 32.2. The number of hydrogen-bond acceptors (Lipinski definition) is 7. The van der Waals surface area contributed by atoms with Crippen molar-refractivity contribution in [2.75, 3.05) is 11.1 Å². The number of nitrogens with zero attached hydrogens (tertiary/aromatic N) is 5. The van der Waals surface area contributed by atoms with Crippen LogP contribution in [0.2, 0.25) is 0 Å². The van der Waals surface area contributed by atoms with Crippen molar-refractivity contribution in [3.05, 3.63) is 41.6 Å². The summed E-state index contributed by atoms with van der Waals surface area (Å²) in [6.07, 6.45) is 0. The van der Waals surface area contributed by atoms with Gasteiger partial charge in [-0.05, 0) is 34.0 Å². The maximum atomic E-state index is 12.2. The predicted molar refractivity (Wildman–Crippen MR) is 108 cm³/mol. The molecule has 0 radical (unpaired) electrons. The molecule has 1 N–H and O–H groups in total. The van der Waals surface area contributed by atoms with Crippen molar-refractivity contribution in [1.82, 2.24) is 25.4 Å². The second-order valence-corrected chi connectivity index (χ2v) is 8.73. The van der Waals surface area contributed by atoms with Gasteiger partial charge in [-0.25, -0.2) is 0 Å². The van der Waals surface area contributed by atoms with Crippen molar-refractivity contribution in [2.24, 2.45) is 0 Å². The number of rotatable bonds is 6. The van der Waals surface area contributed by atoms with Gasteiger partial charge in [-0.2, -0.15) is 4.68 Å². The monoisotopic (exact) mass is 400 g/mol. The van der Waals surface area contributed by atoms with E-state index in [1.165, 1.54) is 17.3 Å². The van der Waals surface area contributed by atoms with Gasteiger partial charge >= 0.3 is 0 Å². The molecule has 0 aliphatic heterocycles. The van der Waals surface area contributed by atoms with Crippen molar-refractivity contribution in [1.29, 1.82) is 0 Å². The first-order valence-electron chi connectivity index (χ1n) is 9.02. The van der Waals surface area contributed by atoms with Crippen LogP contribution in [0.1, 0.15) is 51.8 Å². The third kappa shape index (κ3) is 4.78. The number of anilines is 1. The van der Waals surface area contributed by atoms with Gasteiger partial charge < -0.3 is 4.52 Å². The summed E-state index contributed by atoms with van der Waals surface area (Å²) >= 11 is 1.25. The Kier molecular flexibility index (Phi) is 5.83. The molecule has 0 spiro atoms. The fourth-order valence-electron chi connectivity index (χ4n) is 2.42. The molecule has 0 unspecified atom stereocenters. The van der Waals surface area contributed by atoms with Crippen LogP contribution in [0.25, 0.3) is 5.69 Å². The van der Waals surface area contributed by atoms with E-state index in [1.807, 2.05) is 32.9 Å². The molecule has 0 aliphatic carbocycles. The van der Waals surface area contributed by atoms with Crippen molar-refractivity contribution in [3.8, 4) is 5.69 Å². The average Bonchev–Trinajstić information content (AvgIpc) is 3.29. The quantitative estimate of drug-likeness (QED) is 0.628. The Hall–Kier alpha value is -2.68. The summed E-state index contributed by atoms with van der Waals surface area (Å²) in [6, 6.07) is 9.79. The zero-order valence-corrected chi connectivity index (χ0v) is 17.4. The van der Waals surface area contributed by atoms with Crippen LogP contribution in [0.15, 0.2) is 40.0 Å². The van der Waals surface area contributed by atoms with E-state index in [0.29, 0.717) is 17.0 Å². The molecule has 1 aromatic carbocycles. The molecule has 0 saturated carbocycles. The molecule has 2 aromatic heterocycles. The first kappa shape index (κ1) is 20.1. The maximum absolute atomic E-state index is 12.2. The molecule has 8 nitrogen and oxygen atoms in total. The van der Waals surface area contributed by atoms with Crippen molar-refractivity contribution in [2.45, 2.75) is 51.1 Å². The smallest absolute Gasteiger partial charge is 0.237 e. The van der Waals surface area contributed by atoms with Gasteiger partial charge in [0.05, 0.1) is 17.1 Å². The van der Waals surface area contributed by atoms with Gasteiger partial charge in [0.1, 0.15) is 0 Å². The molecule has 3 rings (SSSR count). The highest BCUT2D eigenvalue weighted by molar-refractivity contribution is 7.99. The number of amides is 1. The zero-order chi connectivity index (χ0) is 20.3. The van der Waals surface area contributed by atoms with Crippen LogP contribution < -0.4 is 5.32 Å². The summed E-state index contributed by atoms with van der Waals surface area (Å²) in [5.41, 5.74) is 2.73. The van der Waals surface area contributed by atoms with Gasteiger partial charge in [0.15, 0.2) is 0 Å². The van der Waals surface area contributed by atoms with Gasteiger partial charge in [-0.15, -0.1) is 5.10 Å². The third-order valence-corrected chi connectivity index (χ3v) is 5.04. The lowest BCUT2D eigenvalue weighted by Gasteiger charge is -2.12. The second-order valence-electron chi connectivity index (χ2n) is 7.78. The van der Waals surface area contributed by atoms with Crippen LogP contribution in [0.3, 0.4) is 0 Å². The van der Waals surface area contributed by atoms with Gasteiger partial charge in [0.2, 0.25) is 16.9 Å². The van der Waals surface area contributed by atoms with E-state index in [2.05, 4.69) is 52.0 Å². The highest BCUT2D eigenvalue weighted by Gasteiger charge is 2.20. The van der Waals surface area contributed by atoms with Gasteiger partial charge in [0.25, 0.3) is 0 Å². The van der Waals surface area contributed by atoms with Gasteiger partial charge in [-0.1, -0.05) is 63.7 Å². The molecule has 28 heavy (non-hydrogen) atoms. The van der Waals surface area contributed by atoms with Crippen molar-refractivity contribution >= 4 is 23.6 Å². The number of thioether (sulfide) groups is 1. The molecular weight excluding hydrogens is 376 g/mol. The Labute approximate surface area is 168 Å². The normalized spacial score (nSPS) is 11.8. The Morgan fingerprint density at radius 3 is 2.57 bits per heavy atom. The molecule has 0 saturated heterocycles. The number of aromatic nitrogens is 5. The van der Waals surface area contributed by atoms with Crippen molar-refractivity contribution < 1.29 is 9.32 Å². The standard InChI is InChI=1S/C19H24N6O2S/c1-12(2)13-6-8-14(9-7-13)25-18(21-23-24-25)28-11-16(26)20-17-10-15(22-27-17)19(3,4)5/h6-10,12H,11H2,1-5H3,(H,20,26). The predicted octanol–water partition coefficient (Wildman–Crippen LogP) is 3.80. The lowest BCUT2D eigenvalue weighted by Crippen LogP contribution is -2.14. The van der Waals surface area contributed by atoms with Gasteiger partial charge in [-0.3, -0.25) is 10.1 Å². The molecule has 0 fully saturated rings. The summed E-state index contributed by atoms with van der Waals surface area (Å²) in [6.45, 7) is 10.4. The molecule has 1 amide bonds. The van der Waals surface area contributed by atoms with E-state index >= 15 is 0 Å². The Bertz CT molecular complexity index is 940. The summed E-state index contributed by atoms with van der Waals surface area (Å²) in [4.78, 5) is 12.2. The number of carbonyl (C=O) groups excluding carboxylic acids is 1. The summed E-state index contributed by atoms with van der Waals surface area (Å²) < 4.78 is 6.80. The lowest BCUT2D eigenvalue weighted by atomic mass is 9.92. The Morgan fingerprint density at radius 2 is 1.96 bits per heavy atom. The molecule has 2 heterocycles. The van der Waals surface area contributed by atoms with Crippen LogP contribution in [0, 0.1) is 0 Å². The molecule has 9 heteroatoms. The fourth-order valence-corrected chi connectivity index (χ4v) is 3.11. The number of nitrogens with one attached hydrogen (secondary N) is 1. The van der Waals surface area contributed by atoms with Crippen LogP contribution in [0.4, 0.5) is 5.88 Å². The SMILES string of the molecule is CC(C)c1ccc(-n2nnnc2SCC(=O)Nc2cc(C(C)(C)C)no2)cc1. The first-order chi connectivity index (χ1) is 13.2. The lowest BCUT2D eigenvalue weighted by molar-refractivity contribution is -0.113. The number of tetrazole rings is 1. The van der Waals surface area contributed by atoms with Crippen LogP contribution in [0.5, 0.6) is 0 Å². The van der Waals surface area contributed by atoms with Crippen molar-refractivity contribution in [3.63, 3.8) is 0 Å². The van der Waals surface area contributed by atoms with E-state index in [9.17, 15) is 4.79 Å². The van der Waals surface area contributed by atoms with Crippen LogP contribution in [-0.2, 0) is 10.2 Å². The minimum absolute atomic E-state index is 0.144. The number of hydrogen-bond donors (Lipinski definition) is 1. The zero-order valence-electron chi connectivity index (χ0n) is 16.6. The molecule has 148 valence electrons. The van der Waals surface area contributed by atoms with Crippen LogP contribution in [-0.4, -0.2) is 37.0 Å². The second kappa shape index (κ2) is 8.14. The minimum atomic E-state index is -0.216. The molecule has 0 atom stereocenters. The van der Waals surface area contributed by atoms with E-state index in [1.54, 1.807) is 10.7 Å². The Morgan fingerprint density at radius 1 is 1.25 bits per heavy atom. The molecule has 3 aromatic rings. The van der Waals surface area contributed by atoms with E-state index in [4.69, 9.17) is 4.52 Å². The van der Waals surface area contributed by atoms with E-state index < -0.39 is 0 Å². The van der Waals surface area contributed by atoms with Crippen LogP contribution >= 0.6 is 11.8 Å². The Balaban J connectivity index is 1.62. The summed E-state index contributed by atoms with van der Waals surface area (Å²) in [7, 11) is 0. The van der Waals surface area contributed by atoms with E-state index in [-0.39, 0.29) is 17.1 Å². The summed E-state index contributed by atoms with van der Waals surface area (Å²) in [5, 5.41) is 19.0. The summed E-state index contributed by atoms with van der Waals surface area (Å²) in [5.74, 6) is 0.719. The third-order valence-electron chi connectivity index (χ3n) is 4.12. The fraction of sp³-hybridized carbons (Fsp3) is 0.421. The minimum Gasteiger partial charge on any atom is -0.338 e. The number of carbonyl (C=O) groups is 1. The first-order valence-corrected chi connectivity index (χ1v) is 10.0. The average molecular weight is 401 g/mol. The molecule has 0 aliphatic rings. The highest BCUT2D eigenvalue weighted by Crippen LogP contribution is 2.24. The molecule has 0 bridgehead atoms.